The average Bonchev–Trinajstić information content (AvgIpc) is 2.54. The fraction of sp³-hybridized carbons (Fsp3) is 0.538. The third-order valence-electron chi connectivity index (χ3n) is 2.96. The number of aromatic nitrogens is 1. The van der Waals surface area contributed by atoms with Crippen LogP contribution >= 0.6 is 0 Å². The molecule has 1 heterocycles. The zero-order valence-corrected chi connectivity index (χ0v) is 11.3. The Balaban J connectivity index is 2.94. The number of nitrogens with one attached hydrogen (secondary N) is 2. The van der Waals surface area contributed by atoms with E-state index in [2.05, 4.69) is 10.3 Å². The van der Waals surface area contributed by atoms with Crippen molar-refractivity contribution in [1.29, 1.82) is 0 Å². The fourth-order valence-corrected chi connectivity index (χ4v) is 2.07. The van der Waals surface area contributed by atoms with Crippen LogP contribution in [0.5, 0.6) is 0 Å². The lowest BCUT2D eigenvalue weighted by Crippen LogP contribution is -2.33. The van der Waals surface area contributed by atoms with E-state index in [1.54, 1.807) is 13.8 Å². The summed E-state index contributed by atoms with van der Waals surface area (Å²) < 4.78 is 0. The predicted molar refractivity (Wildman–Crippen MR) is 68.9 cm³/mol. The maximum Gasteiger partial charge on any atom is 0.268 e. The largest absolute Gasteiger partial charge is 0.396 e. The van der Waals surface area contributed by atoms with Crippen molar-refractivity contribution < 1.29 is 14.7 Å². The summed E-state index contributed by atoms with van der Waals surface area (Å²) in [5.41, 5.74) is 2.38. The van der Waals surface area contributed by atoms with Crippen molar-refractivity contribution in [1.82, 2.24) is 10.3 Å². The Morgan fingerprint density at radius 1 is 1.39 bits per heavy atom. The molecule has 0 aliphatic heterocycles. The lowest BCUT2D eigenvalue weighted by Gasteiger charge is -2.12. The molecule has 1 aromatic rings. The van der Waals surface area contributed by atoms with Crippen molar-refractivity contribution >= 4 is 11.7 Å². The molecule has 3 N–H and O–H groups in total. The Labute approximate surface area is 107 Å². The van der Waals surface area contributed by atoms with E-state index < -0.39 is 0 Å². The second-order valence-corrected chi connectivity index (χ2v) is 4.57. The van der Waals surface area contributed by atoms with Gasteiger partial charge in [0.2, 0.25) is 0 Å². The maximum atomic E-state index is 12.0. The normalized spacial score (nSPS) is 12.3. The van der Waals surface area contributed by atoms with Gasteiger partial charge < -0.3 is 15.4 Å². The molecule has 1 amide bonds. The summed E-state index contributed by atoms with van der Waals surface area (Å²) in [5.74, 6) is -0.298. The van der Waals surface area contributed by atoms with Gasteiger partial charge in [-0.05, 0) is 39.7 Å². The Hall–Kier alpha value is -1.62. The first-order valence-corrected chi connectivity index (χ1v) is 6.00. The molecule has 0 saturated heterocycles. The van der Waals surface area contributed by atoms with Crippen LogP contribution < -0.4 is 5.32 Å². The second-order valence-electron chi connectivity index (χ2n) is 4.57. The quantitative estimate of drug-likeness (QED) is 0.691. The minimum Gasteiger partial charge on any atom is -0.396 e. The van der Waals surface area contributed by atoms with Gasteiger partial charge in [0.05, 0.1) is 0 Å². The number of hydrogen-bond acceptors (Lipinski definition) is 3. The third-order valence-corrected chi connectivity index (χ3v) is 2.96. The zero-order valence-electron chi connectivity index (χ0n) is 11.3. The zero-order chi connectivity index (χ0) is 13.9. The molecular formula is C13H20N2O3. The van der Waals surface area contributed by atoms with E-state index in [9.17, 15) is 9.59 Å². The van der Waals surface area contributed by atoms with Crippen LogP contribution in [0.3, 0.4) is 0 Å². The Kier molecular flexibility index (Phi) is 4.67. The van der Waals surface area contributed by atoms with Gasteiger partial charge in [0.25, 0.3) is 5.91 Å². The van der Waals surface area contributed by atoms with E-state index in [1.807, 2.05) is 6.92 Å². The lowest BCUT2D eigenvalue weighted by atomic mass is 10.1. The summed E-state index contributed by atoms with van der Waals surface area (Å²) in [6, 6.07) is -0.105. The highest BCUT2D eigenvalue weighted by atomic mass is 16.3. The average molecular weight is 252 g/mol. The molecule has 0 radical (unpaired) electrons. The number of rotatable bonds is 5. The van der Waals surface area contributed by atoms with Gasteiger partial charge in [0.1, 0.15) is 5.69 Å². The smallest absolute Gasteiger partial charge is 0.268 e. The molecule has 0 aliphatic carbocycles. The maximum absolute atomic E-state index is 12.0. The van der Waals surface area contributed by atoms with Crippen molar-refractivity contribution in [3.05, 3.63) is 22.5 Å². The highest BCUT2D eigenvalue weighted by Crippen LogP contribution is 2.18. The Bertz CT molecular complexity index is 463. The van der Waals surface area contributed by atoms with Crippen molar-refractivity contribution in [2.24, 2.45) is 0 Å². The molecular weight excluding hydrogens is 232 g/mol. The molecule has 0 fully saturated rings. The predicted octanol–water partition coefficient (Wildman–Crippen LogP) is 1.33. The lowest BCUT2D eigenvalue weighted by molar-refractivity contribution is 0.0929. The first-order valence-electron chi connectivity index (χ1n) is 6.00. The first kappa shape index (κ1) is 14.4. The number of carbonyl (C=O) groups is 2. The molecule has 1 aromatic heterocycles. The van der Waals surface area contributed by atoms with Crippen LogP contribution in [0.1, 0.15) is 52.4 Å². The van der Waals surface area contributed by atoms with Gasteiger partial charge >= 0.3 is 0 Å². The van der Waals surface area contributed by atoms with Crippen molar-refractivity contribution in [2.75, 3.05) is 6.61 Å². The molecule has 0 aromatic carbocycles. The summed E-state index contributed by atoms with van der Waals surface area (Å²) in [4.78, 5) is 26.4. The summed E-state index contributed by atoms with van der Waals surface area (Å²) in [7, 11) is 0. The van der Waals surface area contributed by atoms with E-state index in [-0.39, 0.29) is 24.3 Å². The monoisotopic (exact) mass is 252 g/mol. The third kappa shape index (κ3) is 2.98. The van der Waals surface area contributed by atoms with Crippen LogP contribution in [-0.2, 0) is 0 Å². The number of H-pyrrole nitrogens is 1. The number of amides is 1. The van der Waals surface area contributed by atoms with Crippen LogP contribution in [0, 0.1) is 13.8 Å². The molecule has 5 nitrogen and oxygen atoms in total. The highest BCUT2D eigenvalue weighted by molar-refractivity contribution is 6.02. The minimum atomic E-state index is -0.246. The molecule has 0 saturated carbocycles. The van der Waals surface area contributed by atoms with Gasteiger partial charge in [-0.3, -0.25) is 9.59 Å². The number of Topliss-reactive ketones (excluding diaryl/α,β-unsaturated/α-hetero) is 1. The standard InChI is InChI=1S/C13H20N2O3/c1-7(5-6-16)14-13(18)12-8(2)11(10(4)17)9(3)15-12/h7,15-16H,5-6H2,1-4H3,(H,14,18). The molecule has 1 atom stereocenters. The Morgan fingerprint density at radius 3 is 2.44 bits per heavy atom. The number of hydrogen-bond donors (Lipinski definition) is 3. The number of carbonyl (C=O) groups excluding carboxylic acids is 2. The number of aryl methyl sites for hydroxylation is 1. The van der Waals surface area contributed by atoms with Gasteiger partial charge in [-0.2, -0.15) is 0 Å². The van der Waals surface area contributed by atoms with Gasteiger partial charge in [0.15, 0.2) is 5.78 Å². The second kappa shape index (κ2) is 5.82. The summed E-state index contributed by atoms with van der Waals surface area (Å²) >= 11 is 0. The summed E-state index contributed by atoms with van der Waals surface area (Å²) in [6.07, 6.45) is 0.504. The van der Waals surface area contributed by atoms with E-state index in [4.69, 9.17) is 5.11 Å². The fourth-order valence-electron chi connectivity index (χ4n) is 2.07. The van der Waals surface area contributed by atoms with E-state index in [0.29, 0.717) is 28.9 Å². The van der Waals surface area contributed by atoms with E-state index in [0.717, 1.165) is 0 Å². The Morgan fingerprint density at radius 2 is 2.00 bits per heavy atom. The SMILES string of the molecule is CC(=O)c1c(C)[nH]c(C(=O)NC(C)CCO)c1C. The molecule has 1 rings (SSSR count). The molecule has 1 unspecified atom stereocenters. The van der Waals surface area contributed by atoms with Gasteiger partial charge in [-0.15, -0.1) is 0 Å². The molecule has 5 heteroatoms. The van der Waals surface area contributed by atoms with Crippen molar-refractivity contribution in [3.8, 4) is 0 Å². The number of aliphatic hydroxyl groups excluding tert-OH is 1. The van der Waals surface area contributed by atoms with Gasteiger partial charge in [-0.1, -0.05) is 0 Å². The van der Waals surface area contributed by atoms with E-state index in [1.165, 1.54) is 6.92 Å². The van der Waals surface area contributed by atoms with Gasteiger partial charge in [-0.25, -0.2) is 0 Å². The molecule has 0 spiro atoms. The first-order chi connectivity index (χ1) is 8.38. The van der Waals surface area contributed by atoms with E-state index >= 15 is 0 Å². The summed E-state index contributed by atoms with van der Waals surface area (Å²) in [6.45, 7) is 6.87. The minimum absolute atomic E-state index is 0.0306. The van der Waals surface area contributed by atoms with Crippen LogP contribution in [0.4, 0.5) is 0 Å². The molecule has 0 aliphatic rings. The van der Waals surface area contributed by atoms with Crippen molar-refractivity contribution in [3.63, 3.8) is 0 Å². The van der Waals surface area contributed by atoms with Crippen molar-refractivity contribution in [2.45, 2.75) is 40.2 Å². The number of aromatic amines is 1. The van der Waals surface area contributed by atoms with Gasteiger partial charge in [0, 0.05) is 23.9 Å². The highest BCUT2D eigenvalue weighted by Gasteiger charge is 2.20. The van der Waals surface area contributed by atoms with Crippen LogP contribution in [0.15, 0.2) is 0 Å². The number of aliphatic hydroxyl groups is 1. The molecule has 100 valence electrons. The summed E-state index contributed by atoms with van der Waals surface area (Å²) in [5, 5.41) is 11.6. The topological polar surface area (TPSA) is 82.2 Å². The molecule has 18 heavy (non-hydrogen) atoms. The molecule has 0 bridgehead atoms. The van der Waals surface area contributed by atoms with Crippen LogP contribution in [-0.4, -0.2) is 34.4 Å². The number of ketones is 1. The van der Waals surface area contributed by atoms with Crippen LogP contribution in [0.25, 0.3) is 0 Å². The van der Waals surface area contributed by atoms with Crippen LogP contribution in [0.2, 0.25) is 0 Å².